The summed E-state index contributed by atoms with van der Waals surface area (Å²) in [7, 11) is 0. The summed E-state index contributed by atoms with van der Waals surface area (Å²) < 4.78 is 22.5. The molecule has 2 aromatic rings. The zero-order valence-corrected chi connectivity index (χ0v) is 17.6. The van der Waals surface area contributed by atoms with Crippen LogP contribution in [0.4, 0.5) is 6.01 Å². The minimum atomic E-state index is -0.615. The second-order valence-corrected chi connectivity index (χ2v) is 6.43. The van der Waals surface area contributed by atoms with Crippen molar-refractivity contribution in [3.8, 4) is 28.7 Å². The van der Waals surface area contributed by atoms with Gasteiger partial charge in [-0.05, 0) is 32.9 Å². The third-order valence-corrected chi connectivity index (χ3v) is 4.28. The first kappa shape index (κ1) is 22.1. The van der Waals surface area contributed by atoms with Crippen LogP contribution in [-0.4, -0.2) is 59.2 Å². The molecule has 0 bridgehead atoms. The van der Waals surface area contributed by atoms with Crippen LogP contribution >= 0.6 is 0 Å². The van der Waals surface area contributed by atoms with Crippen LogP contribution in [-0.2, 0) is 14.4 Å². The highest BCUT2D eigenvalue weighted by Crippen LogP contribution is 2.41. The van der Waals surface area contributed by atoms with Crippen molar-refractivity contribution in [1.82, 2.24) is 15.1 Å². The minimum Gasteiger partial charge on any atom is -0.490 e. The van der Waals surface area contributed by atoms with Gasteiger partial charge >= 0.3 is 6.01 Å². The number of hydrogen-bond donors (Lipinski definition) is 1. The number of amides is 3. The predicted octanol–water partition coefficient (Wildman–Crippen LogP) is 2.02. The smallest absolute Gasteiger partial charge is 0.322 e. The van der Waals surface area contributed by atoms with Crippen molar-refractivity contribution in [3.05, 3.63) is 12.1 Å². The van der Waals surface area contributed by atoms with Crippen LogP contribution in [0.1, 0.15) is 33.6 Å². The number of carbonyl (C=O) groups is 3. The molecule has 1 aromatic heterocycles. The van der Waals surface area contributed by atoms with E-state index >= 15 is 0 Å². The zero-order chi connectivity index (χ0) is 22.4. The number of anilines is 1. The van der Waals surface area contributed by atoms with Crippen molar-refractivity contribution >= 4 is 23.7 Å². The monoisotopic (exact) mass is 432 g/mol. The van der Waals surface area contributed by atoms with E-state index in [4.69, 9.17) is 18.6 Å². The molecule has 31 heavy (non-hydrogen) atoms. The van der Waals surface area contributed by atoms with E-state index in [1.165, 1.54) is 0 Å². The molecule has 11 nitrogen and oxygen atoms in total. The summed E-state index contributed by atoms with van der Waals surface area (Å²) in [5.41, 5.74) is 0.508. The molecule has 1 saturated heterocycles. The highest BCUT2D eigenvalue weighted by molar-refractivity contribution is 6.05. The molecule has 1 N–H and O–H groups in total. The summed E-state index contributed by atoms with van der Waals surface area (Å²) in [4.78, 5) is 36.4. The lowest BCUT2D eigenvalue weighted by Crippen LogP contribution is -2.36. The topological polar surface area (TPSA) is 133 Å². The van der Waals surface area contributed by atoms with E-state index < -0.39 is 12.5 Å². The molecule has 1 fully saturated rings. The lowest BCUT2D eigenvalue weighted by atomic mass is 10.2. The molecule has 1 aromatic carbocycles. The largest absolute Gasteiger partial charge is 0.490 e. The lowest BCUT2D eigenvalue weighted by molar-refractivity contribution is -0.141. The van der Waals surface area contributed by atoms with Gasteiger partial charge in [0.25, 0.3) is 0 Å². The maximum Gasteiger partial charge on any atom is 0.322 e. The minimum absolute atomic E-state index is 0.110. The number of nitrogens with zero attached hydrogens (tertiary/aromatic N) is 3. The van der Waals surface area contributed by atoms with Crippen molar-refractivity contribution in [3.63, 3.8) is 0 Å². The molecule has 0 radical (unpaired) electrons. The fourth-order valence-corrected chi connectivity index (χ4v) is 3.00. The van der Waals surface area contributed by atoms with Crippen LogP contribution in [0, 0.1) is 0 Å². The van der Waals surface area contributed by atoms with Gasteiger partial charge in [0.1, 0.15) is 6.54 Å². The van der Waals surface area contributed by atoms with Gasteiger partial charge in [-0.25, -0.2) is 0 Å². The normalized spacial score (nSPS) is 13.5. The molecule has 0 aliphatic carbocycles. The molecule has 0 unspecified atom stereocenters. The third kappa shape index (κ3) is 5.11. The fraction of sp³-hybridized carbons (Fsp3) is 0.450. The first-order valence-corrected chi connectivity index (χ1v) is 10.00. The standard InChI is InChI=1S/C20H24N4O7/c1-4-28-13-9-12(10-14(29-5-2)18(13)30-6-3)19-22-23-20(31-19)21-15(25)11-24-16(26)7-8-17(24)27/h9-10H,4-8,11H2,1-3H3,(H,21,23,25). The number of imide groups is 1. The van der Waals surface area contributed by atoms with Gasteiger partial charge in [0.2, 0.25) is 29.4 Å². The van der Waals surface area contributed by atoms with Crippen molar-refractivity contribution in [2.75, 3.05) is 31.7 Å². The van der Waals surface area contributed by atoms with Gasteiger partial charge in [0.05, 0.1) is 19.8 Å². The van der Waals surface area contributed by atoms with Gasteiger partial charge < -0.3 is 18.6 Å². The summed E-state index contributed by atoms with van der Waals surface area (Å²) in [6.07, 6.45) is 0.220. The highest BCUT2D eigenvalue weighted by Gasteiger charge is 2.30. The summed E-state index contributed by atoms with van der Waals surface area (Å²) >= 11 is 0. The SMILES string of the molecule is CCOc1cc(-c2nnc(NC(=O)CN3C(=O)CCC3=O)o2)cc(OCC)c1OCC. The molecule has 166 valence electrons. The van der Waals surface area contributed by atoms with Crippen molar-refractivity contribution in [2.24, 2.45) is 0 Å². The van der Waals surface area contributed by atoms with E-state index in [0.717, 1.165) is 4.90 Å². The molecule has 3 amide bonds. The van der Waals surface area contributed by atoms with Crippen LogP contribution in [0.5, 0.6) is 17.2 Å². The number of nitrogens with one attached hydrogen (secondary N) is 1. The van der Waals surface area contributed by atoms with E-state index in [2.05, 4.69) is 15.5 Å². The van der Waals surface area contributed by atoms with Gasteiger partial charge in [0, 0.05) is 18.4 Å². The molecule has 1 aliphatic heterocycles. The number of ether oxygens (including phenoxy) is 3. The molecule has 0 atom stereocenters. The average molecular weight is 432 g/mol. The summed E-state index contributed by atoms with van der Waals surface area (Å²) in [5, 5.41) is 10.2. The lowest BCUT2D eigenvalue weighted by Gasteiger charge is -2.16. The Hall–Kier alpha value is -3.63. The van der Waals surface area contributed by atoms with Crippen molar-refractivity contribution in [1.29, 1.82) is 0 Å². The zero-order valence-electron chi connectivity index (χ0n) is 17.6. The molecule has 11 heteroatoms. The molecule has 2 heterocycles. The van der Waals surface area contributed by atoms with Crippen LogP contribution in [0.2, 0.25) is 0 Å². The highest BCUT2D eigenvalue weighted by atomic mass is 16.5. The summed E-state index contributed by atoms with van der Waals surface area (Å²) in [5.74, 6) is 0.132. The fourth-order valence-electron chi connectivity index (χ4n) is 3.00. The molecule has 0 spiro atoms. The molecule has 0 saturated carbocycles. The number of carbonyl (C=O) groups excluding carboxylic acids is 3. The molecular weight excluding hydrogens is 408 g/mol. The first-order valence-electron chi connectivity index (χ1n) is 10.00. The maximum atomic E-state index is 12.2. The van der Waals surface area contributed by atoms with Crippen LogP contribution < -0.4 is 19.5 Å². The van der Waals surface area contributed by atoms with E-state index in [9.17, 15) is 14.4 Å². The number of benzene rings is 1. The third-order valence-electron chi connectivity index (χ3n) is 4.28. The van der Waals surface area contributed by atoms with Crippen LogP contribution in [0.25, 0.3) is 11.5 Å². The Kier molecular flexibility index (Phi) is 7.06. The molecular formula is C20H24N4O7. The number of likely N-dealkylation sites (tertiary alicyclic amines) is 1. The van der Waals surface area contributed by atoms with E-state index in [0.29, 0.717) is 42.6 Å². The van der Waals surface area contributed by atoms with E-state index in [1.54, 1.807) is 12.1 Å². The van der Waals surface area contributed by atoms with Crippen LogP contribution in [0.15, 0.2) is 16.5 Å². The Morgan fingerprint density at radius 2 is 1.58 bits per heavy atom. The van der Waals surface area contributed by atoms with E-state index in [-0.39, 0.29) is 36.6 Å². The Morgan fingerprint density at radius 3 is 2.13 bits per heavy atom. The van der Waals surface area contributed by atoms with Gasteiger partial charge in [-0.15, -0.1) is 5.10 Å². The summed E-state index contributed by atoms with van der Waals surface area (Å²) in [6.45, 7) is 6.40. The predicted molar refractivity (Wildman–Crippen MR) is 108 cm³/mol. The number of hydrogen-bond acceptors (Lipinski definition) is 9. The Balaban J connectivity index is 1.80. The second-order valence-electron chi connectivity index (χ2n) is 6.43. The number of rotatable bonds is 10. The summed E-state index contributed by atoms with van der Waals surface area (Å²) in [6, 6.07) is 3.19. The second kappa shape index (κ2) is 9.92. The van der Waals surface area contributed by atoms with Crippen LogP contribution in [0.3, 0.4) is 0 Å². The van der Waals surface area contributed by atoms with E-state index in [1.807, 2.05) is 20.8 Å². The van der Waals surface area contributed by atoms with Gasteiger partial charge in [-0.2, -0.15) is 0 Å². The molecule has 1 aliphatic rings. The Labute approximate surface area is 178 Å². The maximum absolute atomic E-state index is 12.2. The first-order chi connectivity index (χ1) is 15.0. The van der Waals surface area contributed by atoms with Gasteiger partial charge in [-0.3, -0.25) is 24.6 Å². The van der Waals surface area contributed by atoms with Gasteiger partial charge in [0.15, 0.2) is 11.5 Å². The number of aromatic nitrogens is 2. The van der Waals surface area contributed by atoms with Crippen molar-refractivity contribution in [2.45, 2.75) is 33.6 Å². The Bertz CT molecular complexity index is 929. The Morgan fingerprint density at radius 1 is 1.00 bits per heavy atom. The average Bonchev–Trinajstić information content (AvgIpc) is 3.32. The van der Waals surface area contributed by atoms with Crippen molar-refractivity contribution < 1.29 is 33.0 Å². The van der Waals surface area contributed by atoms with Gasteiger partial charge in [-0.1, -0.05) is 5.10 Å². The molecule has 3 rings (SSSR count). The quantitative estimate of drug-likeness (QED) is 0.560.